The van der Waals surface area contributed by atoms with Crippen LogP contribution in [0.5, 0.6) is 11.5 Å². The van der Waals surface area contributed by atoms with E-state index in [2.05, 4.69) is 44.6 Å². The minimum Gasteiger partial charge on any atom is -0.454 e. The van der Waals surface area contributed by atoms with E-state index in [1.165, 1.54) is 5.56 Å². The molecule has 0 N–H and O–H groups in total. The lowest BCUT2D eigenvalue weighted by Gasteiger charge is -2.15. The monoisotopic (exact) mass is 358 g/mol. The topological polar surface area (TPSA) is 62.1 Å². The SMILES string of the molecule is C[C@@H](Cc1ccc2c(c1)OCO2)c1nccn1-c1ccc2nccnc2c1. The second kappa shape index (κ2) is 6.39. The van der Waals surface area contributed by atoms with Gasteiger partial charge in [0.1, 0.15) is 5.82 Å². The van der Waals surface area contributed by atoms with E-state index in [0.717, 1.165) is 40.5 Å². The van der Waals surface area contributed by atoms with Gasteiger partial charge in [-0.15, -0.1) is 0 Å². The molecule has 0 saturated carbocycles. The van der Waals surface area contributed by atoms with Crippen molar-refractivity contribution in [3.8, 4) is 17.2 Å². The molecule has 0 bridgehead atoms. The molecule has 1 atom stereocenters. The van der Waals surface area contributed by atoms with Gasteiger partial charge in [0.15, 0.2) is 11.5 Å². The smallest absolute Gasteiger partial charge is 0.231 e. The molecule has 1 aliphatic heterocycles. The third kappa shape index (κ3) is 2.89. The Bertz CT molecular complexity index is 1120. The van der Waals surface area contributed by atoms with Gasteiger partial charge in [-0.3, -0.25) is 9.97 Å². The van der Waals surface area contributed by atoms with Gasteiger partial charge in [-0.2, -0.15) is 0 Å². The summed E-state index contributed by atoms with van der Waals surface area (Å²) >= 11 is 0. The summed E-state index contributed by atoms with van der Waals surface area (Å²) in [6.07, 6.45) is 8.11. The van der Waals surface area contributed by atoms with Crippen LogP contribution < -0.4 is 9.47 Å². The summed E-state index contributed by atoms with van der Waals surface area (Å²) in [5, 5.41) is 0. The molecule has 2 aromatic heterocycles. The molecule has 4 aromatic rings. The summed E-state index contributed by atoms with van der Waals surface area (Å²) in [5.74, 6) is 2.87. The first-order valence-corrected chi connectivity index (χ1v) is 8.91. The lowest BCUT2D eigenvalue weighted by atomic mass is 10.00. The summed E-state index contributed by atoms with van der Waals surface area (Å²) in [5.41, 5.74) is 3.99. The number of nitrogens with zero attached hydrogens (tertiary/aromatic N) is 4. The van der Waals surface area contributed by atoms with E-state index < -0.39 is 0 Å². The lowest BCUT2D eigenvalue weighted by molar-refractivity contribution is 0.174. The molecular formula is C21H18N4O2. The Morgan fingerprint density at radius 3 is 2.70 bits per heavy atom. The van der Waals surface area contributed by atoms with Crippen molar-refractivity contribution in [3.63, 3.8) is 0 Å². The van der Waals surface area contributed by atoms with Crippen LogP contribution in [0.1, 0.15) is 24.2 Å². The fraction of sp³-hybridized carbons (Fsp3) is 0.190. The molecule has 0 radical (unpaired) electrons. The highest BCUT2D eigenvalue weighted by Crippen LogP contribution is 2.34. The van der Waals surface area contributed by atoms with Crippen molar-refractivity contribution in [2.24, 2.45) is 0 Å². The number of imidazole rings is 1. The van der Waals surface area contributed by atoms with Crippen LogP contribution in [0.3, 0.4) is 0 Å². The predicted molar refractivity (Wildman–Crippen MR) is 101 cm³/mol. The van der Waals surface area contributed by atoms with E-state index >= 15 is 0 Å². The third-order valence-corrected chi connectivity index (χ3v) is 4.82. The average molecular weight is 358 g/mol. The van der Waals surface area contributed by atoms with Crippen LogP contribution >= 0.6 is 0 Å². The van der Waals surface area contributed by atoms with Gasteiger partial charge in [-0.25, -0.2) is 4.98 Å². The van der Waals surface area contributed by atoms with Gasteiger partial charge in [0.2, 0.25) is 6.79 Å². The van der Waals surface area contributed by atoms with Crippen molar-refractivity contribution in [3.05, 3.63) is 72.6 Å². The van der Waals surface area contributed by atoms with Crippen LogP contribution in [0, 0.1) is 0 Å². The van der Waals surface area contributed by atoms with Crippen molar-refractivity contribution in [2.75, 3.05) is 6.79 Å². The van der Waals surface area contributed by atoms with Gasteiger partial charge in [0.25, 0.3) is 0 Å². The molecule has 1 aliphatic rings. The summed E-state index contributed by atoms with van der Waals surface area (Å²) in [6, 6.07) is 12.2. The first-order chi connectivity index (χ1) is 13.3. The van der Waals surface area contributed by atoms with E-state index in [-0.39, 0.29) is 5.92 Å². The quantitative estimate of drug-likeness (QED) is 0.554. The molecule has 0 unspecified atom stereocenters. The Morgan fingerprint density at radius 1 is 0.926 bits per heavy atom. The molecule has 27 heavy (non-hydrogen) atoms. The van der Waals surface area contributed by atoms with Crippen LogP contribution in [0.25, 0.3) is 16.7 Å². The van der Waals surface area contributed by atoms with E-state index in [4.69, 9.17) is 9.47 Å². The Labute approximate surface area is 156 Å². The van der Waals surface area contributed by atoms with Crippen LogP contribution in [0.2, 0.25) is 0 Å². The van der Waals surface area contributed by atoms with E-state index in [1.807, 2.05) is 30.6 Å². The second-order valence-electron chi connectivity index (χ2n) is 6.68. The summed E-state index contributed by atoms with van der Waals surface area (Å²) < 4.78 is 13.0. The third-order valence-electron chi connectivity index (χ3n) is 4.82. The molecule has 6 heteroatoms. The van der Waals surface area contributed by atoms with Crippen molar-refractivity contribution in [1.29, 1.82) is 0 Å². The van der Waals surface area contributed by atoms with Gasteiger partial charge < -0.3 is 14.0 Å². The maximum atomic E-state index is 5.49. The maximum absolute atomic E-state index is 5.49. The zero-order valence-corrected chi connectivity index (χ0v) is 14.9. The molecule has 0 saturated heterocycles. The highest BCUT2D eigenvalue weighted by molar-refractivity contribution is 5.76. The fourth-order valence-electron chi connectivity index (χ4n) is 3.51. The molecule has 0 fully saturated rings. The number of benzene rings is 2. The molecule has 6 nitrogen and oxygen atoms in total. The molecular weight excluding hydrogens is 340 g/mol. The maximum Gasteiger partial charge on any atom is 0.231 e. The Kier molecular flexibility index (Phi) is 3.74. The largest absolute Gasteiger partial charge is 0.454 e. The highest BCUT2D eigenvalue weighted by atomic mass is 16.7. The van der Waals surface area contributed by atoms with Crippen molar-refractivity contribution >= 4 is 11.0 Å². The molecule has 0 spiro atoms. The van der Waals surface area contributed by atoms with Crippen LogP contribution in [0.4, 0.5) is 0 Å². The molecule has 134 valence electrons. The van der Waals surface area contributed by atoms with Gasteiger partial charge in [-0.1, -0.05) is 13.0 Å². The fourth-order valence-corrected chi connectivity index (χ4v) is 3.51. The summed E-state index contributed by atoms with van der Waals surface area (Å²) in [7, 11) is 0. The van der Waals surface area contributed by atoms with Gasteiger partial charge in [0.05, 0.1) is 11.0 Å². The summed E-state index contributed by atoms with van der Waals surface area (Å²) in [6.45, 7) is 2.48. The van der Waals surface area contributed by atoms with Crippen LogP contribution in [-0.2, 0) is 6.42 Å². The van der Waals surface area contributed by atoms with Crippen molar-refractivity contribution < 1.29 is 9.47 Å². The standard InChI is InChI=1S/C21H18N4O2/c1-14(10-15-2-5-19-20(11-15)27-13-26-19)21-24-8-9-25(21)16-3-4-17-18(12-16)23-7-6-22-17/h2-9,11-12,14H,10,13H2,1H3/t14-/m0/s1. The predicted octanol–water partition coefficient (Wildman–Crippen LogP) is 3.89. The number of hydrogen-bond donors (Lipinski definition) is 0. The second-order valence-corrected chi connectivity index (χ2v) is 6.68. The first kappa shape index (κ1) is 15.8. The van der Waals surface area contributed by atoms with E-state index in [9.17, 15) is 0 Å². The number of aromatic nitrogens is 4. The Morgan fingerprint density at radius 2 is 1.78 bits per heavy atom. The number of ether oxygens (including phenoxy) is 2. The molecule has 0 amide bonds. The molecule has 5 rings (SSSR count). The van der Waals surface area contributed by atoms with Crippen LogP contribution in [0.15, 0.2) is 61.2 Å². The van der Waals surface area contributed by atoms with Gasteiger partial charge in [-0.05, 0) is 42.3 Å². The number of rotatable bonds is 4. The Balaban J connectivity index is 1.45. The van der Waals surface area contributed by atoms with E-state index in [0.29, 0.717) is 6.79 Å². The highest BCUT2D eigenvalue weighted by Gasteiger charge is 2.17. The normalized spacial score (nSPS) is 13.8. The zero-order chi connectivity index (χ0) is 18.2. The zero-order valence-electron chi connectivity index (χ0n) is 14.9. The minimum absolute atomic E-state index is 0.234. The van der Waals surface area contributed by atoms with Gasteiger partial charge >= 0.3 is 0 Å². The molecule has 2 aromatic carbocycles. The first-order valence-electron chi connectivity index (χ1n) is 8.91. The number of fused-ring (bicyclic) bond motifs is 2. The van der Waals surface area contributed by atoms with Crippen molar-refractivity contribution in [2.45, 2.75) is 19.3 Å². The summed E-state index contributed by atoms with van der Waals surface area (Å²) in [4.78, 5) is 13.4. The molecule has 3 heterocycles. The number of hydrogen-bond acceptors (Lipinski definition) is 5. The Hall–Kier alpha value is -3.41. The molecule has 0 aliphatic carbocycles. The van der Waals surface area contributed by atoms with E-state index in [1.54, 1.807) is 12.4 Å². The average Bonchev–Trinajstić information content (AvgIpc) is 3.36. The lowest BCUT2D eigenvalue weighted by Crippen LogP contribution is -2.07. The van der Waals surface area contributed by atoms with Crippen LogP contribution in [-0.4, -0.2) is 26.3 Å². The van der Waals surface area contributed by atoms with Crippen molar-refractivity contribution in [1.82, 2.24) is 19.5 Å². The minimum atomic E-state index is 0.234. The van der Waals surface area contributed by atoms with Gasteiger partial charge in [0, 0.05) is 36.4 Å².